The average molecular weight is 595 g/mol. The van der Waals surface area contributed by atoms with E-state index in [1.807, 2.05) is 0 Å². The summed E-state index contributed by atoms with van der Waals surface area (Å²) in [6.07, 6.45) is -3.34. The second-order valence-electron chi connectivity index (χ2n) is 8.37. The van der Waals surface area contributed by atoms with Crippen molar-refractivity contribution in [2.45, 2.75) is 24.2 Å². The molecule has 3 aromatic carbocycles. The van der Waals surface area contributed by atoms with Crippen LogP contribution in [0.5, 0.6) is 5.75 Å². The number of alkyl halides is 3. The molecule has 0 N–H and O–H groups in total. The fourth-order valence-electron chi connectivity index (χ4n) is 3.67. The third kappa shape index (κ3) is 6.79. The number of rotatable bonds is 9. The van der Waals surface area contributed by atoms with Crippen LogP contribution < -0.4 is 4.18 Å². The second-order valence-corrected chi connectivity index (χ2v) is 10.3. The lowest BCUT2D eigenvalue weighted by Gasteiger charge is -2.23. The molecule has 0 fully saturated rings. The van der Waals surface area contributed by atoms with E-state index in [2.05, 4.69) is 0 Å². The van der Waals surface area contributed by atoms with E-state index in [9.17, 15) is 36.5 Å². The Morgan fingerprint density at radius 1 is 1.00 bits per heavy atom. The first kappa shape index (κ1) is 28.6. The van der Waals surface area contributed by atoms with Crippen LogP contribution in [0.1, 0.15) is 27.2 Å². The molecule has 0 aliphatic heterocycles. The Morgan fingerprint density at radius 2 is 1.75 bits per heavy atom. The molecule has 0 unspecified atom stereocenters. The highest BCUT2D eigenvalue weighted by molar-refractivity contribution is 7.87. The minimum Gasteiger partial charge on any atom is -0.467 e. The van der Waals surface area contributed by atoms with Crippen LogP contribution in [-0.4, -0.2) is 24.1 Å². The van der Waals surface area contributed by atoms with Crippen LogP contribution in [0.3, 0.4) is 0 Å². The highest BCUT2D eigenvalue weighted by Gasteiger charge is 2.32. The van der Waals surface area contributed by atoms with Crippen molar-refractivity contribution in [1.82, 2.24) is 4.90 Å². The number of nitro benzene ring substituents is 1. The number of amides is 1. The van der Waals surface area contributed by atoms with E-state index in [0.29, 0.717) is 17.4 Å². The van der Waals surface area contributed by atoms with E-state index in [4.69, 9.17) is 20.2 Å². The van der Waals surface area contributed by atoms with Gasteiger partial charge < -0.3 is 13.5 Å². The Labute approximate surface area is 230 Å². The van der Waals surface area contributed by atoms with E-state index in [0.717, 1.165) is 30.3 Å². The van der Waals surface area contributed by atoms with Gasteiger partial charge in [-0.25, -0.2) is 0 Å². The topological polar surface area (TPSA) is 120 Å². The van der Waals surface area contributed by atoms with Gasteiger partial charge in [0, 0.05) is 18.7 Å². The van der Waals surface area contributed by atoms with E-state index in [1.54, 1.807) is 18.2 Å². The molecular formula is C26H18ClF3N2O7S. The highest BCUT2D eigenvalue weighted by atomic mass is 35.5. The van der Waals surface area contributed by atoms with Crippen LogP contribution >= 0.6 is 11.6 Å². The molecule has 1 amide bonds. The quantitative estimate of drug-likeness (QED) is 0.124. The van der Waals surface area contributed by atoms with E-state index < -0.39 is 37.6 Å². The summed E-state index contributed by atoms with van der Waals surface area (Å²) < 4.78 is 75.0. The fourth-order valence-corrected chi connectivity index (χ4v) is 4.90. The van der Waals surface area contributed by atoms with Crippen LogP contribution in [0.4, 0.5) is 18.9 Å². The van der Waals surface area contributed by atoms with Crippen molar-refractivity contribution < 1.29 is 39.9 Å². The number of carbonyl (C=O) groups excluding carboxylic acids is 1. The third-order valence-electron chi connectivity index (χ3n) is 5.54. The maximum absolute atomic E-state index is 13.4. The van der Waals surface area contributed by atoms with E-state index >= 15 is 0 Å². The van der Waals surface area contributed by atoms with Gasteiger partial charge in [0.1, 0.15) is 16.4 Å². The largest absolute Gasteiger partial charge is 0.467 e. The van der Waals surface area contributed by atoms with Gasteiger partial charge in [0.05, 0.1) is 33.9 Å². The number of furan rings is 1. The zero-order valence-electron chi connectivity index (χ0n) is 20.2. The molecule has 0 spiro atoms. The van der Waals surface area contributed by atoms with E-state index in [1.165, 1.54) is 35.4 Å². The van der Waals surface area contributed by atoms with Crippen LogP contribution in [-0.2, 0) is 29.4 Å². The molecule has 0 bridgehead atoms. The molecule has 0 atom stereocenters. The Bertz CT molecular complexity index is 1660. The minimum atomic E-state index is -4.75. The summed E-state index contributed by atoms with van der Waals surface area (Å²) in [5, 5.41) is 10.9. The molecule has 9 nitrogen and oxygen atoms in total. The molecule has 1 heterocycles. The number of hydrogen-bond donors (Lipinski definition) is 0. The van der Waals surface area contributed by atoms with E-state index in [-0.39, 0.29) is 35.1 Å². The van der Waals surface area contributed by atoms with Crippen molar-refractivity contribution in [2.75, 3.05) is 0 Å². The predicted molar refractivity (Wildman–Crippen MR) is 136 cm³/mol. The second kappa shape index (κ2) is 11.4. The maximum Gasteiger partial charge on any atom is 0.416 e. The Kier molecular flexibility index (Phi) is 8.16. The summed E-state index contributed by atoms with van der Waals surface area (Å²) in [5.41, 5.74) is -1.07. The maximum atomic E-state index is 13.4. The van der Waals surface area contributed by atoms with Gasteiger partial charge in [-0.3, -0.25) is 14.9 Å². The van der Waals surface area contributed by atoms with Gasteiger partial charge in [-0.05, 0) is 54.1 Å². The molecule has 0 saturated heterocycles. The first-order valence-electron chi connectivity index (χ1n) is 11.3. The van der Waals surface area contributed by atoms with Gasteiger partial charge in [0.2, 0.25) is 0 Å². The van der Waals surface area contributed by atoms with Crippen molar-refractivity contribution >= 4 is 33.3 Å². The first-order valence-corrected chi connectivity index (χ1v) is 13.1. The summed E-state index contributed by atoms with van der Waals surface area (Å²) in [6, 6.07) is 15.4. The number of hydrogen-bond acceptors (Lipinski definition) is 7. The average Bonchev–Trinajstić information content (AvgIpc) is 3.40. The molecule has 208 valence electrons. The lowest BCUT2D eigenvalue weighted by atomic mass is 10.1. The van der Waals surface area contributed by atoms with Gasteiger partial charge in [-0.2, -0.15) is 21.6 Å². The highest BCUT2D eigenvalue weighted by Crippen LogP contribution is 2.31. The van der Waals surface area contributed by atoms with Gasteiger partial charge in [0.15, 0.2) is 0 Å². The normalized spacial score (nSPS) is 11.7. The molecule has 0 aliphatic carbocycles. The zero-order chi connectivity index (χ0) is 29.1. The first-order chi connectivity index (χ1) is 18.8. The Hall–Kier alpha value is -4.36. The standard InChI is InChI=1S/C26H18ClF3N2O7S/c27-24-14-19(32(34)35)9-10-23(24)25(33)31(16-21-7-3-11-38-21)15-17-4-1-6-20(12-17)39-40(36,37)22-8-2-5-18(13-22)26(28,29)30/h1-14H,15-16H2. The summed E-state index contributed by atoms with van der Waals surface area (Å²) in [4.78, 5) is 24.4. The fraction of sp³-hybridized carbons (Fsp3) is 0.115. The number of non-ortho nitro benzene ring substituents is 1. The summed E-state index contributed by atoms with van der Waals surface area (Å²) in [7, 11) is -4.63. The van der Waals surface area contributed by atoms with Crippen molar-refractivity contribution in [2.24, 2.45) is 0 Å². The summed E-state index contributed by atoms with van der Waals surface area (Å²) in [5.74, 6) is -0.390. The molecule has 0 radical (unpaired) electrons. The van der Waals surface area contributed by atoms with Crippen molar-refractivity contribution in [3.8, 4) is 5.75 Å². The van der Waals surface area contributed by atoms with Crippen LogP contribution in [0.2, 0.25) is 5.02 Å². The number of nitro groups is 1. The number of halogens is 4. The van der Waals surface area contributed by atoms with Gasteiger partial charge in [-0.1, -0.05) is 29.8 Å². The van der Waals surface area contributed by atoms with Crippen LogP contribution in [0, 0.1) is 10.1 Å². The predicted octanol–water partition coefficient (Wildman–Crippen LogP) is 6.47. The SMILES string of the molecule is O=C(c1ccc([N+](=O)[O-])cc1Cl)N(Cc1cccc(OS(=O)(=O)c2cccc(C(F)(F)F)c2)c1)Cc1ccco1. The van der Waals surface area contributed by atoms with Crippen LogP contribution in [0.25, 0.3) is 0 Å². The third-order valence-corrected chi connectivity index (χ3v) is 7.09. The number of benzene rings is 3. The zero-order valence-corrected chi connectivity index (χ0v) is 21.7. The molecule has 4 rings (SSSR count). The molecular weight excluding hydrogens is 577 g/mol. The smallest absolute Gasteiger partial charge is 0.416 e. The van der Waals surface area contributed by atoms with Crippen molar-refractivity contribution in [3.63, 3.8) is 0 Å². The summed E-state index contributed by atoms with van der Waals surface area (Å²) in [6.45, 7) is -0.138. The molecule has 14 heteroatoms. The lowest BCUT2D eigenvalue weighted by Crippen LogP contribution is -2.30. The lowest BCUT2D eigenvalue weighted by molar-refractivity contribution is -0.384. The monoisotopic (exact) mass is 594 g/mol. The Balaban J connectivity index is 1.60. The van der Waals surface area contributed by atoms with Gasteiger partial charge in [-0.15, -0.1) is 0 Å². The van der Waals surface area contributed by atoms with Gasteiger partial charge >= 0.3 is 16.3 Å². The van der Waals surface area contributed by atoms with Crippen molar-refractivity contribution in [1.29, 1.82) is 0 Å². The van der Waals surface area contributed by atoms with Gasteiger partial charge in [0.25, 0.3) is 11.6 Å². The minimum absolute atomic E-state index is 0.0154. The number of carbonyl (C=O) groups is 1. The molecule has 1 aromatic heterocycles. The molecule has 0 saturated carbocycles. The Morgan fingerprint density at radius 3 is 2.40 bits per heavy atom. The van der Waals surface area contributed by atoms with Crippen LogP contribution in [0.15, 0.2) is 94.4 Å². The molecule has 40 heavy (non-hydrogen) atoms. The molecule has 4 aromatic rings. The molecule has 0 aliphatic rings. The number of nitrogens with zero attached hydrogens (tertiary/aromatic N) is 2. The summed E-state index contributed by atoms with van der Waals surface area (Å²) >= 11 is 6.16. The van der Waals surface area contributed by atoms with Crippen molar-refractivity contribution in [3.05, 3.63) is 123 Å².